The summed E-state index contributed by atoms with van der Waals surface area (Å²) in [5, 5.41) is 0. The van der Waals surface area contributed by atoms with Crippen LogP contribution in [0, 0.1) is 0 Å². The molecular formula is C27H27NO4. The summed E-state index contributed by atoms with van der Waals surface area (Å²) < 4.78 is 11.2. The summed E-state index contributed by atoms with van der Waals surface area (Å²) in [6.45, 7) is 2.11. The SMILES string of the molecule is CCc1ccc(OC)c([C@@]2(c3ccccc3)COC(=O)N2C(=O)CCc2ccccc2)c1. The summed E-state index contributed by atoms with van der Waals surface area (Å²) in [7, 11) is 1.60. The van der Waals surface area contributed by atoms with Crippen LogP contribution in [0.15, 0.2) is 78.9 Å². The molecule has 2 amide bonds. The molecule has 5 nitrogen and oxygen atoms in total. The summed E-state index contributed by atoms with van der Waals surface area (Å²) in [5.74, 6) is 0.342. The van der Waals surface area contributed by atoms with Crippen molar-refractivity contribution in [3.8, 4) is 5.75 Å². The van der Waals surface area contributed by atoms with E-state index in [1.165, 1.54) is 4.90 Å². The Labute approximate surface area is 188 Å². The zero-order chi connectivity index (χ0) is 22.6. The van der Waals surface area contributed by atoms with Gasteiger partial charge in [-0.2, -0.15) is 0 Å². The lowest BCUT2D eigenvalue weighted by Gasteiger charge is -2.36. The highest BCUT2D eigenvalue weighted by atomic mass is 16.6. The maximum absolute atomic E-state index is 13.5. The molecule has 1 fully saturated rings. The molecule has 0 unspecified atom stereocenters. The van der Waals surface area contributed by atoms with Crippen LogP contribution in [0.2, 0.25) is 0 Å². The number of methoxy groups -OCH3 is 1. The average molecular weight is 430 g/mol. The molecule has 3 aromatic rings. The van der Waals surface area contributed by atoms with Crippen molar-refractivity contribution in [2.75, 3.05) is 13.7 Å². The number of hydrogen-bond donors (Lipinski definition) is 0. The molecule has 5 heteroatoms. The minimum Gasteiger partial charge on any atom is -0.496 e. The van der Waals surface area contributed by atoms with Gasteiger partial charge in [-0.1, -0.05) is 73.7 Å². The van der Waals surface area contributed by atoms with Gasteiger partial charge in [0.15, 0.2) is 0 Å². The second-order valence-corrected chi connectivity index (χ2v) is 7.88. The first-order valence-electron chi connectivity index (χ1n) is 10.9. The lowest BCUT2D eigenvalue weighted by molar-refractivity contribution is -0.131. The lowest BCUT2D eigenvalue weighted by atomic mass is 9.80. The van der Waals surface area contributed by atoms with E-state index < -0.39 is 11.6 Å². The van der Waals surface area contributed by atoms with Gasteiger partial charge >= 0.3 is 6.09 Å². The first-order valence-corrected chi connectivity index (χ1v) is 10.9. The van der Waals surface area contributed by atoms with Gasteiger partial charge < -0.3 is 9.47 Å². The van der Waals surface area contributed by atoms with Crippen LogP contribution in [0.3, 0.4) is 0 Å². The number of ether oxygens (including phenoxy) is 2. The quantitative estimate of drug-likeness (QED) is 0.524. The van der Waals surface area contributed by atoms with Crippen LogP contribution in [0.25, 0.3) is 0 Å². The Bertz CT molecular complexity index is 1100. The van der Waals surface area contributed by atoms with Crippen LogP contribution in [-0.4, -0.2) is 30.6 Å². The molecule has 4 rings (SSSR count). The molecule has 3 aromatic carbocycles. The fraction of sp³-hybridized carbons (Fsp3) is 0.259. The summed E-state index contributed by atoms with van der Waals surface area (Å²) >= 11 is 0. The number of rotatable bonds is 7. The van der Waals surface area contributed by atoms with Gasteiger partial charge in [0.25, 0.3) is 0 Å². The van der Waals surface area contributed by atoms with Crippen molar-refractivity contribution in [3.63, 3.8) is 0 Å². The Morgan fingerprint density at radius 3 is 2.34 bits per heavy atom. The monoisotopic (exact) mass is 429 g/mol. The zero-order valence-electron chi connectivity index (χ0n) is 18.4. The van der Waals surface area contributed by atoms with E-state index in [9.17, 15) is 9.59 Å². The van der Waals surface area contributed by atoms with Crippen LogP contribution in [0.4, 0.5) is 4.79 Å². The van der Waals surface area contributed by atoms with Crippen molar-refractivity contribution in [1.82, 2.24) is 4.90 Å². The number of benzene rings is 3. The topological polar surface area (TPSA) is 55.8 Å². The minimum atomic E-state index is -1.09. The highest BCUT2D eigenvalue weighted by Gasteiger charge is 2.54. The number of imide groups is 1. The number of carbonyl (C=O) groups excluding carboxylic acids is 2. The van der Waals surface area contributed by atoms with Crippen LogP contribution in [0.1, 0.15) is 35.6 Å². The number of cyclic esters (lactones) is 1. The van der Waals surface area contributed by atoms with E-state index in [0.717, 1.165) is 28.7 Å². The first-order chi connectivity index (χ1) is 15.6. The van der Waals surface area contributed by atoms with Crippen LogP contribution >= 0.6 is 0 Å². The summed E-state index contributed by atoms with van der Waals surface area (Å²) in [5.41, 5.74) is 2.61. The molecule has 32 heavy (non-hydrogen) atoms. The van der Waals surface area contributed by atoms with Gasteiger partial charge in [-0.3, -0.25) is 4.79 Å². The van der Waals surface area contributed by atoms with E-state index in [0.29, 0.717) is 12.2 Å². The van der Waals surface area contributed by atoms with E-state index >= 15 is 0 Å². The van der Waals surface area contributed by atoms with Gasteiger partial charge in [0.1, 0.15) is 17.9 Å². The van der Waals surface area contributed by atoms with Crippen molar-refractivity contribution >= 4 is 12.0 Å². The largest absolute Gasteiger partial charge is 0.496 e. The number of nitrogens with zero attached hydrogens (tertiary/aromatic N) is 1. The van der Waals surface area contributed by atoms with Crippen LogP contribution in [-0.2, 0) is 27.9 Å². The van der Waals surface area contributed by atoms with Crippen molar-refractivity contribution in [1.29, 1.82) is 0 Å². The Morgan fingerprint density at radius 2 is 1.69 bits per heavy atom. The molecule has 1 atom stereocenters. The van der Waals surface area contributed by atoms with E-state index in [4.69, 9.17) is 9.47 Å². The van der Waals surface area contributed by atoms with E-state index in [1.807, 2.05) is 78.9 Å². The Morgan fingerprint density at radius 1 is 1.00 bits per heavy atom. The van der Waals surface area contributed by atoms with Gasteiger partial charge in [0.2, 0.25) is 5.91 Å². The average Bonchev–Trinajstić information content (AvgIpc) is 3.21. The van der Waals surface area contributed by atoms with E-state index in [2.05, 4.69) is 6.92 Å². The summed E-state index contributed by atoms with van der Waals surface area (Å²) in [6, 6.07) is 25.3. The van der Waals surface area contributed by atoms with Gasteiger partial charge in [0.05, 0.1) is 7.11 Å². The van der Waals surface area contributed by atoms with Crippen LogP contribution in [0.5, 0.6) is 5.75 Å². The van der Waals surface area contributed by atoms with Crippen molar-refractivity contribution in [2.24, 2.45) is 0 Å². The fourth-order valence-electron chi connectivity index (χ4n) is 4.35. The van der Waals surface area contributed by atoms with Crippen molar-refractivity contribution in [2.45, 2.75) is 31.7 Å². The van der Waals surface area contributed by atoms with E-state index in [1.54, 1.807) is 7.11 Å². The predicted molar refractivity (Wildman–Crippen MR) is 123 cm³/mol. The molecule has 0 spiro atoms. The van der Waals surface area contributed by atoms with Gasteiger partial charge in [0, 0.05) is 12.0 Å². The fourth-order valence-corrected chi connectivity index (χ4v) is 4.35. The second kappa shape index (κ2) is 9.27. The highest BCUT2D eigenvalue weighted by Crippen LogP contribution is 2.45. The predicted octanol–water partition coefficient (Wildman–Crippen LogP) is 5.11. The normalized spacial score (nSPS) is 17.8. The van der Waals surface area contributed by atoms with E-state index in [-0.39, 0.29) is 18.9 Å². The first kappa shape index (κ1) is 21.6. The summed E-state index contributed by atoms with van der Waals surface area (Å²) in [6.07, 6.45) is 0.929. The third-order valence-corrected chi connectivity index (χ3v) is 6.06. The van der Waals surface area contributed by atoms with Gasteiger partial charge in [-0.05, 0) is 41.7 Å². The van der Waals surface area contributed by atoms with Gasteiger partial charge in [-0.25, -0.2) is 9.69 Å². The van der Waals surface area contributed by atoms with Crippen molar-refractivity contribution < 1.29 is 19.1 Å². The maximum Gasteiger partial charge on any atom is 0.417 e. The van der Waals surface area contributed by atoms with Crippen molar-refractivity contribution in [3.05, 3.63) is 101 Å². The third-order valence-electron chi connectivity index (χ3n) is 6.06. The lowest BCUT2D eigenvalue weighted by Crippen LogP contribution is -2.49. The molecule has 1 heterocycles. The number of amides is 2. The number of hydrogen-bond acceptors (Lipinski definition) is 4. The molecule has 1 aliphatic heterocycles. The molecule has 0 aromatic heterocycles. The highest BCUT2D eigenvalue weighted by molar-refractivity contribution is 5.95. The maximum atomic E-state index is 13.5. The molecular weight excluding hydrogens is 402 g/mol. The molecule has 1 aliphatic rings. The molecule has 0 bridgehead atoms. The molecule has 0 saturated carbocycles. The zero-order valence-corrected chi connectivity index (χ0v) is 18.4. The van der Waals surface area contributed by atoms with Crippen LogP contribution < -0.4 is 4.74 Å². The standard InChI is InChI=1S/C27H27NO4/c1-3-20-14-16-24(31-2)23(18-20)27(22-12-8-5-9-13-22)19-32-26(30)28(27)25(29)17-15-21-10-6-4-7-11-21/h4-14,16,18H,3,15,17,19H2,1-2H3/t27-/m0/s1. The molecule has 0 radical (unpaired) electrons. The van der Waals surface area contributed by atoms with Gasteiger partial charge in [-0.15, -0.1) is 0 Å². The Hall–Kier alpha value is -3.60. The molecule has 164 valence electrons. The summed E-state index contributed by atoms with van der Waals surface area (Å²) in [4.78, 5) is 27.8. The molecule has 1 saturated heterocycles. The number of aryl methyl sites for hydroxylation is 2. The Kier molecular flexibility index (Phi) is 6.26. The molecule has 0 N–H and O–H groups in total. The Balaban J connectivity index is 1.82. The second-order valence-electron chi connectivity index (χ2n) is 7.88. The number of carbonyl (C=O) groups is 2. The smallest absolute Gasteiger partial charge is 0.417 e. The third kappa shape index (κ3) is 3.86. The minimum absolute atomic E-state index is 0.0381. The molecule has 0 aliphatic carbocycles.